The molecule has 0 saturated carbocycles. The number of hydrogen-bond donors (Lipinski definition) is 3. The number of aromatic hydroxyl groups is 1. The van der Waals surface area contributed by atoms with Gasteiger partial charge in [-0.3, -0.25) is 4.79 Å². The van der Waals surface area contributed by atoms with Crippen LogP contribution in [0.2, 0.25) is 0 Å². The minimum absolute atomic E-state index is 0.282. The number of aliphatic hydroxyl groups excluding tert-OH is 1. The number of aliphatic hydroxyl groups is 1. The molecule has 4 nitrogen and oxygen atoms in total. The Labute approximate surface area is 121 Å². The number of nitrogens with one attached hydrogen (secondary N) is 1. The van der Waals surface area contributed by atoms with Gasteiger partial charge in [0.1, 0.15) is 17.1 Å². The number of rotatable bonds is 5. The molecule has 0 saturated heterocycles. The number of carbonyl (C=O) groups excluding carboxylic acids is 1. The number of phenolic OH excluding ortho intramolecular Hbond substituents is 1. The summed E-state index contributed by atoms with van der Waals surface area (Å²) in [6.45, 7) is -0.282. The smallest absolute Gasteiger partial charge is 0.258 e. The first kappa shape index (κ1) is 15.0. The maximum absolute atomic E-state index is 13.6. The number of hydrogen-bond acceptors (Lipinski definition) is 3. The third-order valence-corrected chi connectivity index (χ3v) is 3.10. The fourth-order valence-electron chi connectivity index (χ4n) is 2.05. The summed E-state index contributed by atoms with van der Waals surface area (Å²) in [7, 11) is 0. The van der Waals surface area contributed by atoms with E-state index in [1.807, 2.05) is 30.3 Å². The minimum Gasteiger partial charge on any atom is -0.507 e. The van der Waals surface area contributed by atoms with Gasteiger partial charge in [0.15, 0.2) is 0 Å². The third kappa shape index (κ3) is 3.79. The van der Waals surface area contributed by atoms with Crippen LogP contribution in [0.3, 0.4) is 0 Å². The van der Waals surface area contributed by atoms with E-state index in [2.05, 4.69) is 5.32 Å². The summed E-state index contributed by atoms with van der Waals surface area (Å²) in [6.07, 6.45) is 0.415. The predicted molar refractivity (Wildman–Crippen MR) is 76.6 cm³/mol. The number of halogens is 1. The summed E-state index contributed by atoms with van der Waals surface area (Å²) >= 11 is 0. The van der Waals surface area contributed by atoms with E-state index in [1.54, 1.807) is 0 Å². The Morgan fingerprint density at radius 1 is 1.14 bits per heavy atom. The van der Waals surface area contributed by atoms with Crippen molar-refractivity contribution in [1.29, 1.82) is 0 Å². The van der Waals surface area contributed by atoms with Gasteiger partial charge in [-0.1, -0.05) is 36.4 Å². The monoisotopic (exact) mass is 289 g/mol. The van der Waals surface area contributed by atoms with Gasteiger partial charge in [-0.25, -0.2) is 4.39 Å². The van der Waals surface area contributed by atoms with Crippen LogP contribution in [0.25, 0.3) is 0 Å². The molecule has 1 unspecified atom stereocenters. The van der Waals surface area contributed by atoms with Gasteiger partial charge in [0.25, 0.3) is 5.91 Å². The zero-order chi connectivity index (χ0) is 15.2. The van der Waals surface area contributed by atoms with Crippen LogP contribution in [0.1, 0.15) is 15.9 Å². The molecule has 0 aliphatic heterocycles. The summed E-state index contributed by atoms with van der Waals surface area (Å²) in [5.41, 5.74) is 0.526. The second-order valence-electron chi connectivity index (χ2n) is 4.68. The fraction of sp³-hybridized carbons (Fsp3) is 0.188. The summed E-state index contributed by atoms with van der Waals surface area (Å²) in [5.74, 6) is -1.98. The Kier molecular flexibility index (Phi) is 4.90. The highest BCUT2D eigenvalue weighted by molar-refractivity contribution is 5.97. The van der Waals surface area contributed by atoms with Crippen LogP contribution in [0.15, 0.2) is 48.5 Å². The number of carbonyl (C=O) groups is 1. The predicted octanol–water partition coefficient (Wildman–Crippen LogP) is 1.86. The van der Waals surface area contributed by atoms with E-state index in [1.165, 1.54) is 12.1 Å². The average Bonchev–Trinajstić information content (AvgIpc) is 2.47. The van der Waals surface area contributed by atoms with Gasteiger partial charge in [-0.15, -0.1) is 0 Å². The molecule has 1 atom stereocenters. The van der Waals surface area contributed by atoms with Gasteiger partial charge in [-0.05, 0) is 24.1 Å². The molecule has 0 fully saturated rings. The molecule has 5 heteroatoms. The molecular formula is C16H16FNO3. The van der Waals surface area contributed by atoms with Crippen LogP contribution in [0, 0.1) is 5.82 Å². The molecule has 0 bridgehead atoms. The van der Waals surface area contributed by atoms with Crippen molar-refractivity contribution in [3.05, 3.63) is 65.5 Å². The topological polar surface area (TPSA) is 69.6 Å². The summed E-state index contributed by atoms with van der Waals surface area (Å²) < 4.78 is 13.6. The van der Waals surface area contributed by atoms with Gasteiger partial charge < -0.3 is 15.5 Å². The SMILES string of the molecule is O=C(NC(CO)Cc1ccccc1)c1c(O)cccc1F. The van der Waals surface area contributed by atoms with Crippen LogP contribution < -0.4 is 5.32 Å². The van der Waals surface area contributed by atoms with E-state index < -0.39 is 29.1 Å². The first-order valence-electron chi connectivity index (χ1n) is 6.55. The van der Waals surface area contributed by atoms with Crippen molar-refractivity contribution in [2.45, 2.75) is 12.5 Å². The highest BCUT2D eigenvalue weighted by Crippen LogP contribution is 2.19. The van der Waals surface area contributed by atoms with Crippen molar-refractivity contribution in [2.24, 2.45) is 0 Å². The van der Waals surface area contributed by atoms with Crippen molar-refractivity contribution in [1.82, 2.24) is 5.32 Å². The van der Waals surface area contributed by atoms with Crippen molar-refractivity contribution >= 4 is 5.91 Å². The largest absolute Gasteiger partial charge is 0.507 e. The van der Waals surface area contributed by atoms with E-state index in [9.17, 15) is 19.4 Å². The third-order valence-electron chi connectivity index (χ3n) is 3.10. The van der Waals surface area contributed by atoms with Crippen molar-refractivity contribution in [3.63, 3.8) is 0 Å². The standard InChI is InChI=1S/C16H16FNO3/c17-13-7-4-8-14(20)15(13)16(21)18-12(10-19)9-11-5-2-1-3-6-11/h1-8,12,19-20H,9-10H2,(H,18,21). The quantitative estimate of drug-likeness (QED) is 0.787. The lowest BCUT2D eigenvalue weighted by Crippen LogP contribution is -2.39. The molecule has 0 heterocycles. The van der Waals surface area contributed by atoms with Crippen molar-refractivity contribution < 1.29 is 19.4 Å². The zero-order valence-corrected chi connectivity index (χ0v) is 11.3. The fourth-order valence-corrected chi connectivity index (χ4v) is 2.05. The number of phenols is 1. The lowest BCUT2D eigenvalue weighted by atomic mass is 10.1. The van der Waals surface area contributed by atoms with Gasteiger partial charge in [0.2, 0.25) is 0 Å². The number of amides is 1. The van der Waals surface area contributed by atoms with Crippen LogP contribution in [-0.4, -0.2) is 28.8 Å². The number of benzene rings is 2. The lowest BCUT2D eigenvalue weighted by Gasteiger charge is -2.17. The van der Waals surface area contributed by atoms with E-state index in [0.29, 0.717) is 6.42 Å². The zero-order valence-electron chi connectivity index (χ0n) is 11.3. The van der Waals surface area contributed by atoms with E-state index in [0.717, 1.165) is 11.6 Å². The molecule has 1 amide bonds. The van der Waals surface area contributed by atoms with Crippen LogP contribution in [-0.2, 0) is 6.42 Å². The lowest BCUT2D eigenvalue weighted by molar-refractivity contribution is 0.0909. The summed E-state index contributed by atoms with van der Waals surface area (Å²) in [4.78, 5) is 12.0. The molecule has 0 aromatic heterocycles. The highest BCUT2D eigenvalue weighted by atomic mass is 19.1. The van der Waals surface area contributed by atoms with Crippen LogP contribution in [0.5, 0.6) is 5.75 Å². The molecule has 0 aliphatic carbocycles. The Morgan fingerprint density at radius 2 is 1.86 bits per heavy atom. The van der Waals surface area contributed by atoms with E-state index in [4.69, 9.17) is 0 Å². The molecular weight excluding hydrogens is 273 g/mol. The van der Waals surface area contributed by atoms with Crippen LogP contribution in [0.4, 0.5) is 4.39 Å². The Morgan fingerprint density at radius 3 is 2.48 bits per heavy atom. The molecule has 2 rings (SSSR count). The second-order valence-corrected chi connectivity index (χ2v) is 4.68. The van der Waals surface area contributed by atoms with Crippen molar-refractivity contribution in [3.8, 4) is 5.75 Å². The molecule has 0 radical (unpaired) electrons. The Balaban J connectivity index is 2.10. The molecule has 0 spiro atoms. The van der Waals surface area contributed by atoms with E-state index in [-0.39, 0.29) is 6.61 Å². The molecule has 0 aliphatic rings. The average molecular weight is 289 g/mol. The maximum Gasteiger partial charge on any atom is 0.258 e. The first-order chi connectivity index (χ1) is 10.1. The maximum atomic E-state index is 13.6. The van der Waals surface area contributed by atoms with Gasteiger partial charge in [0, 0.05) is 0 Å². The molecule has 21 heavy (non-hydrogen) atoms. The van der Waals surface area contributed by atoms with Crippen molar-refractivity contribution in [2.75, 3.05) is 6.61 Å². The van der Waals surface area contributed by atoms with E-state index >= 15 is 0 Å². The minimum atomic E-state index is -0.802. The normalized spacial score (nSPS) is 11.9. The molecule has 3 N–H and O–H groups in total. The highest BCUT2D eigenvalue weighted by Gasteiger charge is 2.19. The van der Waals surface area contributed by atoms with Crippen LogP contribution >= 0.6 is 0 Å². The first-order valence-corrected chi connectivity index (χ1v) is 6.55. The Bertz CT molecular complexity index is 596. The summed E-state index contributed by atoms with van der Waals surface area (Å²) in [6, 6.07) is 12.4. The van der Waals surface area contributed by atoms with Gasteiger partial charge in [-0.2, -0.15) is 0 Å². The van der Waals surface area contributed by atoms with Gasteiger partial charge in [0.05, 0.1) is 12.6 Å². The summed E-state index contributed by atoms with van der Waals surface area (Å²) in [5, 5.41) is 21.4. The second kappa shape index (κ2) is 6.85. The molecule has 2 aromatic rings. The Hall–Kier alpha value is -2.40. The van der Waals surface area contributed by atoms with Gasteiger partial charge >= 0.3 is 0 Å². The molecule has 2 aromatic carbocycles. The molecule has 110 valence electrons.